The van der Waals surface area contributed by atoms with Crippen LogP contribution in [0.15, 0.2) is 24.3 Å². The summed E-state index contributed by atoms with van der Waals surface area (Å²) in [5, 5.41) is 0. The third-order valence-electron chi connectivity index (χ3n) is 4.30. The molecule has 1 saturated heterocycles. The molecule has 1 aliphatic rings. The topological polar surface area (TPSA) is 42.0 Å². The van der Waals surface area contributed by atoms with Crippen molar-refractivity contribution >= 4 is 5.91 Å². The van der Waals surface area contributed by atoms with Gasteiger partial charge < -0.3 is 19.3 Å². The molecule has 0 saturated carbocycles. The second-order valence-electron chi connectivity index (χ2n) is 6.61. The van der Waals surface area contributed by atoms with Crippen LogP contribution >= 0.6 is 0 Å². The van der Waals surface area contributed by atoms with Crippen molar-refractivity contribution in [1.82, 2.24) is 9.80 Å². The summed E-state index contributed by atoms with van der Waals surface area (Å²) >= 11 is 0. The van der Waals surface area contributed by atoms with E-state index in [9.17, 15) is 4.79 Å². The van der Waals surface area contributed by atoms with Gasteiger partial charge in [-0.3, -0.25) is 4.79 Å². The van der Waals surface area contributed by atoms with Gasteiger partial charge >= 0.3 is 0 Å². The second-order valence-corrected chi connectivity index (χ2v) is 6.61. The average Bonchev–Trinajstić information content (AvgIpc) is 2.60. The van der Waals surface area contributed by atoms with Crippen LogP contribution in [0.5, 0.6) is 11.5 Å². The number of rotatable bonds is 8. The minimum Gasteiger partial charge on any atom is -0.493 e. The molecule has 1 heterocycles. The maximum atomic E-state index is 12.2. The van der Waals surface area contributed by atoms with E-state index in [4.69, 9.17) is 9.47 Å². The molecule has 1 aromatic carbocycles. The van der Waals surface area contributed by atoms with Crippen LogP contribution in [0, 0.1) is 5.92 Å². The Morgan fingerprint density at radius 3 is 2.42 bits per heavy atom. The van der Waals surface area contributed by atoms with Gasteiger partial charge in [-0.25, -0.2) is 0 Å². The van der Waals surface area contributed by atoms with Gasteiger partial charge in [0.25, 0.3) is 5.91 Å². The highest BCUT2D eigenvalue weighted by Gasteiger charge is 2.20. The van der Waals surface area contributed by atoms with Gasteiger partial charge in [0.1, 0.15) is 11.5 Å². The summed E-state index contributed by atoms with van der Waals surface area (Å²) in [6, 6.07) is 7.52. The molecule has 1 amide bonds. The number of piperazine rings is 1. The summed E-state index contributed by atoms with van der Waals surface area (Å²) < 4.78 is 11.4. The first-order valence-corrected chi connectivity index (χ1v) is 8.94. The van der Waals surface area contributed by atoms with Crippen LogP contribution in [0.1, 0.15) is 27.2 Å². The Morgan fingerprint density at radius 2 is 1.79 bits per heavy atom. The predicted molar refractivity (Wildman–Crippen MR) is 95.6 cm³/mol. The molecule has 0 atom stereocenters. The number of hydrogen-bond donors (Lipinski definition) is 0. The van der Waals surface area contributed by atoms with Crippen molar-refractivity contribution in [2.75, 3.05) is 45.9 Å². The quantitative estimate of drug-likeness (QED) is 0.733. The van der Waals surface area contributed by atoms with Crippen molar-refractivity contribution in [3.05, 3.63) is 24.3 Å². The molecule has 0 radical (unpaired) electrons. The van der Waals surface area contributed by atoms with Gasteiger partial charge in [0.15, 0.2) is 6.61 Å². The van der Waals surface area contributed by atoms with E-state index in [1.165, 1.54) is 0 Å². The SMILES string of the molecule is CCN1CCN(C(=O)COc2cccc(OCCC(C)C)c2)CC1. The predicted octanol–water partition coefficient (Wildman–Crippen LogP) is 2.65. The van der Waals surface area contributed by atoms with Crippen molar-refractivity contribution in [3.8, 4) is 11.5 Å². The number of carbonyl (C=O) groups excluding carboxylic acids is 1. The fourth-order valence-corrected chi connectivity index (χ4v) is 2.62. The lowest BCUT2D eigenvalue weighted by Crippen LogP contribution is -2.49. The fourth-order valence-electron chi connectivity index (χ4n) is 2.62. The molecule has 24 heavy (non-hydrogen) atoms. The molecule has 1 aliphatic heterocycles. The van der Waals surface area contributed by atoms with E-state index in [0.717, 1.165) is 44.9 Å². The van der Waals surface area contributed by atoms with Crippen molar-refractivity contribution in [2.24, 2.45) is 5.92 Å². The number of hydrogen-bond acceptors (Lipinski definition) is 4. The molecule has 5 nitrogen and oxygen atoms in total. The van der Waals surface area contributed by atoms with Gasteiger partial charge in [-0.05, 0) is 31.0 Å². The molecule has 0 unspecified atom stereocenters. The van der Waals surface area contributed by atoms with Gasteiger partial charge in [0, 0.05) is 32.2 Å². The first kappa shape index (κ1) is 18.6. The van der Waals surface area contributed by atoms with E-state index in [-0.39, 0.29) is 12.5 Å². The van der Waals surface area contributed by atoms with E-state index in [0.29, 0.717) is 18.3 Å². The van der Waals surface area contributed by atoms with E-state index < -0.39 is 0 Å². The Morgan fingerprint density at radius 1 is 1.12 bits per heavy atom. The molecule has 0 aliphatic carbocycles. The number of likely N-dealkylation sites (N-methyl/N-ethyl adjacent to an activating group) is 1. The lowest BCUT2D eigenvalue weighted by Gasteiger charge is -2.33. The van der Waals surface area contributed by atoms with Gasteiger partial charge in [0.2, 0.25) is 0 Å². The summed E-state index contributed by atoms with van der Waals surface area (Å²) in [6.07, 6.45) is 1.02. The average molecular weight is 334 g/mol. The Balaban J connectivity index is 1.76. The second kappa shape index (κ2) is 9.52. The van der Waals surface area contributed by atoms with Crippen LogP contribution < -0.4 is 9.47 Å². The van der Waals surface area contributed by atoms with Gasteiger partial charge in [0.05, 0.1) is 6.61 Å². The molecule has 1 aromatic rings. The van der Waals surface area contributed by atoms with E-state index >= 15 is 0 Å². The van der Waals surface area contributed by atoms with Gasteiger partial charge in [-0.15, -0.1) is 0 Å². The first-order valence-electron chi connectivity index (χ1n) is 8.94. The van der Waals surface area contributed by atoms with E-state index in [1.807, 2.05) is 29.2 Å². The maximum Gasteiger partial charge on any atom is 0.260 e. The normalized spacial score (nSPS) is 15.6. The highest BCUT2D eigenvalue weighted by Crippen LogP contribution is 2.20. The van der Waals surface area contributed by atoms with Gasteiger partial charge in [-0.1, -0.05) is 26.8 Å². The largest absolute Gasteiger partial charge is 0.493 e. The van der Waals surface area contributed by atoms with Crippen molar-refractivity contribution in [1.29, 1.82) is 0 Å². The molecule has 0 aromatic heterocycles. The third-order valence-corrected chi connectivity index (χ3v) is 4.30. The summed E-state index contributed by atoms with van der Waals surface area (Å²) in [5.41, 5.74) is 0. The van der Waals surface area contributed by atoms with Gasteiger partial charge in [-0.2, -0.15) is 0 Å². The minimum absolute atomic E-state index is 0.0527. The fraction of sp³-hybridized carbons (Fsp3) is 0.632. The lowest BCUT2D eigenvalue weighted by molar-refractivity contribution is -0.135. The van der Waals surface area contributed by atoms with Crippen LogP contribution in [0.3, 0.4) is 0 Å². The van der Waals surface area contributed by atoms with Crippen LogP contribution in [0.25, 0.3) is 0 Å². The zero-order chi connectivity index (χ0) is 17.4. The summed E-state index contributed by atoms with van der Waals surface area (Å²) in [7, 11) is 0. The van der Waals surface area contributed by atoms with Crippen LogP contribution in [-0.2, 0) is 4.79 Å². The minimum atomic E-state index is 0.0527. The molecule has 1 fully saturated rings. The first-order chi connectivity index (χ1) is 11.6. The zero-order valence-corrected chi connectivity index (χ0v) is 15.2. The monoisotopic (exact) mass is 334 g/mol. The molecule has 0 bridgehead atoms. The Bertz CT molecular complexity index is 511. The van der Waals surface area contributed by atoms with Crippen LogP contribution in [0.2, 0.25) is 0 Å². The zero-order valence-electron chi connectivity index (χ0n) is 15.2. The molecule has 0 N–H and O–H groups in total. The highest BCUT2D eigenvalue weighted by molar-refractivity contribution is 5.77. The molecule has 0 spiro atoms. The molecular formula is C19H30N2O3. The van der Waals surface area contributed by atoms with E-state index in [1.54, 1.807) is 0 Å². The molecule has 5 heteroatoms. The number of nitrogens with zero attached hydrogens (tertiary/aromatic N) is 2. The van der Waals surface area contributed by atoms with Crippen LogP contribution in [-0.4, -0.2) is 61.6 Å². The number of amides is 1. The maximum absolute atomic E-state index is 12.2. The standard InChI is InChI=1S/C19H30N2O3/c1-4-20-9-11-21(12-10-20)19(22)15-24-18-7-5-6-17(14-18)23-13-8-16(2)3/h5-7,14,16H,4,8-13,15H2,1-3H3. The van der Waals surface area contributed by atoms with Crippen LogP contribution in [0.4, 0.5) is 0 Å². The summed E-state index contributed by atoms with van der Waals surface area (Å²) in [5.74, 6) is 2.14. The molecular weight excluding hydrogens is 304 g/mol. The Labute approximate surface area is 145 Å². The summed E-state index contributed by atoms with van der Waals surface area (Å²) in [6.45, 7) is 11.8. The van der Waals surface area contributed by atoms with Crippen molar-refractivity contribution < 1.29 is 14.3 Å². The third kappa shape index (κ3) is 6.04. The smallest absolute Gasteiger partial charge is 0.260 e. The number of benzene rings is 1. The van der Waals surface area contributed by atoms with E-state index in [2.05, 4.69) is 25.7 Å². The Kier molecular flexibility index (Phi) is 7.37. The molecule has 134 valence electrons. The number of ether oxygens (including phenoxy) is 2. The summed E-state index contributed by atoms with van der Waals surface area (Å²) in [4.78, 5) is 16.5. The number of carbonyl (C=O) groups is 1. The van der Waals surface area contributed by atoms with Crippen molar-refractivity contribution in [3.63, 3.8) is 0 Å². The highest BCUT2D eigenvalue weighted by atomic mass is 16.5. The lowest BCUT2D eigenvalue weighted by atomic mass is 10.1. The van der Waals surface area contributed by atoms with Crippen molar-refractivity contribution in [2.45, 2.75) is 27.2 Å². The molecule has 2 rings (SSSR count). The Hall–Kier alpha value is -1.75.